The third kappa shape index (κ3) is 3.86. The van der Waals surface area contributed by atoms with Gasteiger partial charge in [-0.25, -0.2) is 9.97 Å². The van der Waals surface area contributed by atoms with Gasteiger partial charge in [-0.3, -0.25) is 0 Å². The quantitative estimate of drug-likeness (QED) is 0.772. The highest BCUT2D eigenvalue weighted by atomic mass is 16.5. The molecule has 0 aliphatic carbocycles. The first-order chi connectivity index (χ1) is 11.2. The number of anilines is 1. The van der Waals surface area contributed by atoms with Gasteiger partial charge in [0.25, 0.3) is 0 Å². The van der Waals surface area contributed by atoms with Gasteiger partial charge < -0.3 is 10.1 Å². The Hall–Kier alpha value is -2.88. The van der Waals surface area contributed by atoms with E-state index in [1.54, 1.807) is 13.3 Å². The highest BCUT2D eigenvalue weighted by Gasteiger charge is 2.03. The molecular weight excluding hydrogens is 286 g/mol. The number of rotatable bonds is 5. The fourth-order valence-electron chi connectivity index (χ4n) is 2.25. The summed E-state index contributed by atoms with van der Waals surface area (Å²) < 4.78 is 5.18. The minimum Gasteiger partial charge on any atom is -0.497 e. The molecule has 0 fully saturated rings. The molecule has 0 radical (unpaired) electrons. The lowest BCUT2D eigenvalue weighted by Gasteiger charge is -2.07. The summed E-state index contributed by atoms with van der Waals surface area (Å²) >= 11 is 0. The second-order valence-corrected chi connectivity index (χ2v) is 5.33. The van der Waals surface area contributed by atoms with E-state index in [-0.39, 0.29) is 0 Å². The van der Waals surface area contributed by atoms with Gasteiger partial charge in [0.1, 0.15) is 5.75 Å². The van der Waals surface area contributed by atoms with Crippen LogP contribution in [0.1, 0.15) is 11.1 Å². The average molecular weight is 305 g/mol. The van der Waals surface area contributed by atoms with Crippen molar-refractivity contribution in [3.05, 3.63) is 71.9 Å². The van der Waals surface area contributed by atoms with Crippen molar-refractivity contribution in [2.45, 2.75) is 13.5 Å². The van der Waals surface area contributed by atoms with Crippen LogP contribution >= 0.6 is 0 Å². The Balaban J connectivity index is 1.72. The van der Waals surface area contributed by atoms with Crippen molar-refractivity contribution in [3.8, 4) is 17.0 Å². The van der Waals surface area contributed by atoms with Gasteiger partial charge in [-0.05, 0) is 42.8 Å². The number of nitrogens with zero attached hydrogens (tertiary/aromatic N) is 2. The number of benzene rings is 2. The average Bonchev–Trinajstić information content (AvgIpc) is 2.61. The van der Waals surface area contributed by atoms with Crippen LogP contribution in [0.5, 0.6) is 5.75 Å². The molecule has 1 heterocycles. The van der Waals surface area contributed by atoms with Crippen LogP contribution in [0.25, 0.3) is 11.3 Å². The van der Waals surface area contributed by atoms with E-state index in [0.717, 1.165) is 17.0 Å². The number of nitrogens with one attached hydrogen (secondary N) is 1. The summed E-state index contributed by atoms with van der Waals surface area (Å²) in [6.07, 6.45) is 1.77. The summed E-state index contributed by atoms with van der Waals surface area (Å²) in [6, 6.07) is 18.2. The predicted octanol–water partition coefficient (Wildman–Crippen LogP) is 4.07. The van der Waals surface area contributed by atoms with Gasteiger partial charge in [-0.15, -0.1) is 0 Å². The fourth-order valence-corrected chi connectivity index (χ4v) is 2.25. The molecule has 0 spiro atoms. The molecule has 0 saturated heterocycles. The van der Waals surface area contributed by atoms with Gasteiger partial charge in [-0.1, -0.05) is 29.8 Å². The maximum Gasteiger partial charge on any atom is 0.223 e. The summed E-state index contributed by atoms with van der Waals surface area (Å²) in [5.74, 6) is 1.46. The van der Waals surface area contributed by atoms with Gasteiger partial charge in [0, 0.05) is 18.3 Å². The lowest BCUT2D eigenvalue weighted by Crippen LogP contribution is -2.03. The molecule has 23 heavy (non-hydrogen) atoms. The maximum absolute atomic E-state index is 5.18. The Kier molecular flexibility index (Phi) is 4.52. The fraction of sp³-hybridized carbons (Fsp3) is 0.158. The van der Waals surface area contributed by atoms with Crippen LogP contribution in [0.15, 0.2) is 60.8 Å². The molecule has 1 N–H and O–H groups in total. The third-order valence-electron chi connectivity index (χ3n) is 3.61. The molecule has 0 aliphatic heterocycles. The Morgan fingerprint density at radius 3 is 2.39 bits per heavy atom. The minimum atomic E-state index is 0.624. The molecule has 0 bridgehead atoms. The van der Waals surface area contributed by atoms with Crippen LogP contribution in [0, 0.1) is 6.92 Å². The molecule has 3 aromatic rings. The van der Waals surface area contributed by atoms with Crippen LogP contribution in [-0.4, -0.2) is 17.1 Å². The van der Waals surface area contributed by atoms with Crippen molar-refractivity contribution in [2.24, 2.45) is 0 Å². The second kappa shape index (κ2) is 6.92. The van der Waals surface area contributed by atoms with E-state index in [0.29, 0.717) is 12.5 Å². The molecule has 4 heteroatoms. The van der Waals surface area contributed by atoms with Crippen molar-refractivity contribution in [2.75, 3.05) is 12.4 Å². The molecule has 1 aromatic heterocycles. The Labute approximate surface area is 136 Å². The van der Waals surface area contributed by atoms with Crippen LogP contribution in [0.3, 0.4) is 0 Å². The van der Waals surface area contributed by atoms with Gasteiger partial charge >= 0.3 is 0 Å². The summed E-state index contributed by atoms with van der Waals surface area (Å²) in [7, 11) is 1.66. The van der Waals surface area contributed by atoms with Crippen LogP contribution < -0.4 is 10.1 Å². The van der Waals surface area contributed by atoms with Crippen LogP contribution in [-0.2, 0) is 6.54 Å². The molecule has 0 unspecified atom stereocenters. The van der Waals surface area contributed by atoms with Crippen LogP contribution in [0.4, 0.5) is 5.95 Å². The number of aromatic nitrogens is 2. The van der Waals surface area contributed by atoms with E-state index in [1.807, 2.05) is 30.3 Å². The first-order valence-corrected chi connectivity index (χ1v) is 7.51. The van der Waals surface area contributed by atoms with Gasteiger partial charge in [0.2, 0.25) is 5.95 Å². The van der Waals surface area contributed by atoms with Crippen molar-refractivity contribution in [3.63, 3.8) is 0 Å². The smallest absolute Gasteiger partial charge is 0.223 e. The van der Waals surface area contributed by atoms with E-state index in [2.05, 4.69) is 46.5 Å². The maximum atomic E-state index is 5.18. The van der Waals surface area contributed by atoms with Crippen molar-refractivity contribution in [1.82, 2.24) is 9.97 Å². The summed E-state index contributed by atoms with van der Waals surface area (Å²) in [5.41, 5.74) is 4.38. The molecule has 3 rings (SSSR count). The number of aryl methyl sites for hydroxylation is 1. The van der Waals surface area contributed by atoms with E-state index in [1.165, 1.54) is 11.1 Å². The van der Waals surface area contributed by atoms with E-state index < -0.39 is 0 Å². The number of hydrogen-bond donors (Lipinski definition) is 1. The van der Waals surface area contributed by atoms with Gasteiger partial charge in [-0.2, -0.15) is 0 Å². The zero-order chi connectivity index (χ0) is 16.1. The van der Waals surface area contributed by atoms with Gasteiger partial charge in [0.05, 0.1) is 12.8 Å². The Morgan fingerprint density at radius 2 is 1.70 bits per heavy atom. The van der Waals surface area contributed by atoms with Gasteiger partial charge in [0.15, 0.2) is 0 Å². The lowest BCUT2D eigenvalue weighted by molar-refractivity contribution is 0.415. The SMILES string of the molecule is COc1ccc(-c2ccnc(NCc3ccc(C)cc3)n2)cc1. The highest BCUT2D eigenvalue weighted by Crippen LogP contribution is 2.21. The van der Waals surface area contributed by atoms with E-state index in [9.17, 15) is 0 Å². The number of hydrogen-bond acceptors (Lipinski definition) is 4. The summed E-state index contributed by atoms with van der Waals surface area (Å²) in [4.78, 5) is 8.85. The normalized spacial score (nSPS) is 10.3. The predicted molar refractivity (Wildman–Crippen MR) is 92.5 cm³/mol. The van der Waals surface area contributed by atoms with Crippen molar-refractivity contribution >= 4 is 5.95 Å². The Morgan fingerprint density at radius 1 is 0.957 bits per heavy atom. The molecule has 116 valence electrons. The topological polar surface area (TPSA) is 47.0 Å². The number of methoxy groups -OCH3 is 1. The van der Waals surface area contributed by atoms with Crippen molar-refractivity contribution in [1.29, 1.82) is 0 Å². The molecule has 0 amide bonds. The first kappa shape index (κ1) is 15.0. The summed E-state index contributed by atoms with van der Waals surface area (Å²) in [6.45, 7) is 2.78. The molecule has 0 aliphatic rings. The molecule has 0 saturated carbocycles. The van der Waals surface area contributed by atoms with E-state index in [4.69, 9.17) is 4.74 Å². The highest BCUT2D eigenvalue weighted by molar-refractivity contribution is 5.60. The largest absolute Gasteiger partial charge is 0.497 e. The third-order valence-corrected chi connectivity index (χ3v) is 3.61. The monoisotopic (exact) mass is 305 g/mol. The standard InChI is InChI=1S/C19H19N3O/c1-14-3-5-15(6-4-14)13-21-19-20-12-11-18(22-19)16-7-9-17(23-2)10-8-16/h3-12H,13H2,1-2H3,(H,20,21,22). The first-order valence-electron chi connectivity index (χ1n) is 7.51. The number of ether oxygens (including phenoxy) is 1. The molecule has 4 nitrogen and oxygen atoms in total. The molecule has 2 aromatic carbocycles. The lowest BCUT2D eigenvalue weighted by atomic mass is 10.1. The second-order valence-electron chi connectivity index (χ2n) is 5.33. The Bertz CT molecular complexity index is 767. The van der Waals surface area contributed by atoms with E-state index >= 15 is 0 Å². The summed E-state index contributed by atoms with van der Waals surface area (Å²) in [5, 5.41) is 3.27. The van der Waals surface area contributed by atoms with Crippen LogP contribution in [0.2, 0.25) is 0 Å². The minimum absolute atomic E-state index is 0.624. The van der Waals surface area contributed by atoms with Crippen molar-refractivity contribution < 1.29 is 4.74 Å². The zero-order valence-electron chi connectivity index (χ0n) is 13.3. The zero-order valence-corrected chi connectivity index (χ0v) is 13.3. The molecule has 0 atom stereocenters. The molecular formula is C19H19N3O.